The Morgan fingerprint density at radius 2 is 1.65 bits per heavy atom. The Balaban J connectivity index is 1.43. The van der Waals surface area contributed by atoms with E-state index in [1.807, 2.05) is 25.1 Å². The average Bonchev–Trinajstić information content (AvgIpc) is 3.46. The van der Waals surface area contributed by atoms with E-state index in [-0.39, 0.29) is 43.6 Å². The highest BCUT2D eigenvalue weighted by Gasteiger charge is 2.39. The topological polar surface area (TPSA) is 113 Å². The fourth-order valence-electron chi connectivity index (χ4n) is 3.90. The monoisotopic (exact) mass is 541 g/mol. The number of nitrogens with zero attached hydrogens (tertiary/aromatic N) is 2. The molecule has 0 bridgehead atoms. The Labute approximate surface area is 219 Å². The first-order valence-electron chi connectivity index (χ1n) is 11.6. The van der Waals surface area contributed by atoms with E-state index in [4.69, 9.17) is 4.74 Å². The molecule has 9 nitrogen and oxygen atoms in total. The van der Waals surface area contributed by atoms with Gasteiger partial charge in [-0.1, -0.05) is 36.4 Å². The van der Waals surface area contributed by atoms with Crippen LogP contribution in [0.2, 0.25) is 0 Å². The van der Waals surface area contributed by atoms with Crippen molar-refractivity contribution < 1.29 is 27.5 Å². The van der Waals surface area contributed by atoms with Gasteiger partial charge in [0.1, 0.15) is 5.75 Å². The van der Waals surface area contributed by atoms with Crippen molar-refractivity contribution >= 4 is 38.9 Å². The number of aryl methyl sites for hydroxylation is 1. The maximum Gasteiger partial charge on any atom is 0.262 e. The van der Waals surface area contributed by atoms with Crippen molar-refractivity contribution in [3.63, 3.8) is 0 Å². The number of nitrogens with one attached hydrogen (secondary N) is 1. The van der Waals surface area contributed by atoms with E-state index in [2.05, 4.69) is 5.32 Å². The number of hydrogen-bond acceptors (Lipinski definition) is 7. The Morgan fingerprint density at radius 1 is 0.946 bits per heavy atom. The van der Waals surface area contributed by atoms with E-state index in [1.165, 1.54) is 17.0 Å². The number of thiophene rings is 1. The number of rotatable bonds is 8. The highest BCUT2D eigenvalue weighted by molar-refractivity contribution is 7.92. The van der Waals surface area contributed by atoms with E-state index in [1.54, 1.807) is 46.7 Å². The number of amides is 3. The quantitative estimate of drug-likeness (QED) is 0.469. The molecule has 194 valence electrons. The zero-order valence-electron chi connectivity index (χ0n) is 20.2. The SMILES string of the molecule is Cc1cccc(OCC(=O)N2CCN(C(=O)[C@H](NC(=O)c3cccs3)S(=O)(=O)c3ccccc3)CC2)c1. The molecule has 11 heteroatoms. The second-order valence-corrected chi connectivity index (χ2v) is 11.5. The van der Waals surface area contributed by atoms with Crippen LogP contribution in [0.15, 0.2) is 77.0 Å². The van der Waals surface area contributed by atoms with Crippen molar-refractivity contribution in [1.82, 2.24) is 15.1 Å². The van der Waals surface area contributed by atoms with Gasteiger partial charge in [0.2, 0.25) is 15.2 Å². The van der Waals surface area contributed by atoms with E-state index in [0.29, 0.717) is 10.6 Å². The summed E-state index contributed by atoms with van der Waals surface area (Å²) in [5, 5.41) is 2.32. The second-order valence-electron chi connectivity index (χ2n) is 8.50. The van der Waals surface area contributed by atoms with Gasteiger partial charge in [-0.2, -0.15) is 0 Å². The predicted octanol–water partition coefficient (Wildman–Crippen LogP) is 2.34. The molecule has 1 atom stereocenters. The van der Waals surface area contributed by atoms with Gasteiger partial charge in [-0.15, -0.1) is 11.3 Å². The summed E-state index contributed by atoms with van der Waals surface area (Å²) < 4.78 is 32.4. The molecule has 0 unspecified atom stereocenters. The minimum Gasteiger partial charge on any atom is -0.484 e. The van der Waals surface area contributed by atoms with Crippen LogP contribution in [0.25, 0.3) is 0 Å². The largest absolute Gasteiger partial charge is 0.484 e. The number of carbonyl (C=O) groups excluding carboxylic acids is 3. The van der Waals surface area contributed by atoms with Gasteiger partial charge in [0, 0.05) is 26.2 Å². The molecule has 2 heterocycles. The van der Waals surface area contributed by atoms with Gasteiger partial charge in [-0.05, 0) is 48.2 Å². The summed E-state index contributed by atoms with van der Waals surface area (Å²) in [6.07, 6.45) is 0. The van der Waals surface area contributed by atoms with Crippen LogP contribution in [0.1, 0.15) is 15.2 Å². The summed E-state index contributed by atoms with van der Waals surface area (Å²) >= 11 is 1.15. The van der Waals surface area contributed by atoms with Crippen LogP contribution in [0, 0.1) is 6.92 Å². The Kier molecular flexibility index (Phi) is 8.24. The lowest BCUT2D eigenvalue weighted by Gasteiger charge is -2.36. The molecule has 0 radical (unpaired) electrons. The molecule has 0 saturated carbocycles. The first-order chi connectivity index (χ1) is 17.8. The third kappa shape index (κ3) is 6.36. The number of benzene rings is 2. The Morgan fingerprint density at radius 3 is 2.30 bits per heavy atom. The molecule has 37 heavy (non-hydrogen) atoms. The summed E-state index contributed by atoms with van der Waals surface area (Å²) in [5.74, 6) is -1.02. The van der Waals surface area contributed by atoms with Gasteiger partial charge in [-0.25, -0.2) is 8.42 Å². The van der Waals surface area contributed by atoms with Crippen molar-refractivity contribution in [2.75, 3.05) is 32.8 Å². The smallest absolute Gasteiger partial charge is 0.262 e. The lowest BCUT2D eigenvalue weighted by atomic mass is 10.2. The molecule has 2 aromatic carbocycles. The maximum absolute atomic E-state index is 13.4. The Bertz CT molecular complexity index is 1350. The zero-order chi connectivity index (χ0) is 26.4. The summed E-state index contributed by atoms with van der Waals surface area (Å²) in [4.78, 5) is 42.0. The van der Waals surface area contributed by atoms with Crippen LogP contribution >= 0.6 is 11.3 Å². The number of hydrogen-bond donors (Lipinski definition) is 1. The highest BCUT2D eigenvalue weighted by atomic mass is 32.2. The predicted molar refractivity (Wildman–Crippen MR) is 139 cm³/mol. The van der Waals surface area contributed by atoms with Gasteiger partial charge >= 0.3 is 0 Å². The lowest BCUT2D eigenvalue weighted by molar-refractivity contribution is -0.140. The van der Waals surface area contributed by atoms with Crippen LogP contribution < -0.4 is 10.1 Å². The van der Waals surface area contributed by atoms with Gasteiger partial charge in [0.25, 0.3) is 17.7 Å². The third-order valence-electron chi connectivity index (χ3n) is 5.91. The summed E-state index contributed by atoms with van der Waals surface area (Å²) in [5.41, 5.74) is 1.02. The van der Waals surface area contributed by atoms with Crippen molar-refractivity contribution in [3.05, 3.63) is 82.6 Å². The number of piperazine rings is 1. The molecule has 1 N–H and O–H groups in total. The van der Waals surface area contributed by atoms with E-state index in [0.717, 1.165) is 16.9 Å². The zero-order valence-corrected chi connectivity index (χ0v) is 21.8. The van der Waals surface area contributed by atoms with Crippen LogP contribution in [-0.4, -0.2) is 74.1 Å². The van der Waals surface area contributed by atoms with Gasteiger partial charge in [-0.3, -0.25) is 14.4 Å². The summed E-state index contributed by atoms with van der Waals surface area (Å²) in [6, 6.07) is 18.2. The minimum absolute atomic E-state index is 0.0676. The molecule has 0 spiro atoms. The van der Waals surface area contributed by atoms with Crippen LogP contribution in [0.4, 0.5) is 0 Å². The van der Waals surface area contributed by atoms with Crippen LogP contribution in [0.3, 0.4) is 0 Å². The first kappa shape index (κ1) is 26.4. The third-order valence-corrected chi connectivity index (χ3v) is 8.65. The fraction of sp³-hybridized carbons (Fsp3) is 0.269. The van der Waals surface area contributed by atoms with Crippen LogP contribution in [-0.2, 0) is 19.4 Å². The molecule has 1 aliphatic rings. The lowest BCUT2D eigenvalue weighted by Crippen LogP contribution is -2.58. The Hall–Kier alpha value is -3.70. The van der Waals surface area contributed by atoms with Crippen molar-refractivity contribution in [2.24, 2.45) is 0 Å². The van der Waals surface area contributed by atoms with Crippen molar-refractivity contribution in [3.8, 4) is 5.75 Å². The molecule has 1 aromatic heterocycles. The average molecular weight is 542 g/mol. The van der Waals surface area contributed by atoms with Gasteiger partial charge in [0.15, 0.2) is 6.61 Å². The molecular weight excluding hydrogens is 514 g/mol. The van der Waals surface area contributed by atoms with Crippen LogP contribution in [0.5, 0.6) is 5.75 Å². The normalized spacial score (nSPS) is 14.6. The van der Waals surface area contributed by atoms with E-state index >= 15 is 0 Å². The number of sulfone groups is 1. The standard InChI is InChI=1S/C26H27N3O6S2/c1-19-7-5-8-20(17-19)35-18-23(30)28-12-14-29(15-13-28)26(32)25(27-24(31)22-11-6-16-36-22)37(33,34)21-9-3-2-4-10-21/h2-11,16-17,25H,12-15,18H2,1H3,(H,27,31)/t25-/m1/s1. The maximum atomic E-state index is 13.4. The first-order valence-corrected chi connectivity index (χ1v) is 14.1. The molecular formula is C26H27N3O6S2. The highest BCUT2D eigenvalue weighted by Crippen LogP contribution is 2.19. The summed E-state index contributed by atoms with van der Waals surface area (Å²) in [6.45, 7) is 2.49. The molecule has 3 aromatic rings. The molecule has 3 amide bonds. The summed E-state index contributed by atoms with van der Waals surface area (Å²) in [7, 11) is -4.23. The fourth-order valence-corrected chi connectivity index (χ4v) is 6.01. The minimum atomic E-state index is -4.23. The molecule has 0 aliphatic carbocycles. The van der Waals surface area contributed by atoms with E-state index < -0.39 is 27.0 Å². The van der Waals surface area contributed by atoms with Crippen molar-refractivity contribution in [2.45, 2.75) is 17.2 Å². The molecule has 4 rings (SSSR count). The number of carbonyl (C=O) groups is 3. The van der Waals surface area contributed by atoms with E-state index in [9.17, 15) is 22.8 Å². The van der Waals surface area contributed by atoms with Crippen molar-refractivity contribution in [1.29, 1.82) is 0 Å². The second kappa shape index (κ2) is 11.6. The van der Waals surface area contributed by atoms with Gasteiger partial charge < -0.3 is 19.9 Å². The van der Waals surface area contributed by atoms with Gasteiger partial charge in [0.05, 0.1) is 9.77 Å². The molecule has 1 fully saturated rings. The molecule has 1 saturated heterocycles. The number of ether oxygens (including phenoxy) is 1. The molecule has 1 aliphatic heterocycles.